The van der Waals surface area contributed by atoms with Gasteiger partial charge < -0.3 is 48.0 Å². The Morgan fingerprint density at radius 3 is 0.750 bits per heavy atom. The zero-order valence-electron chi connectivity index (χ0n) is 2.20. The molecule has 0 nitrogen and oxygen atoms in total. The molecule has 0 amide bonds. The van der Waals surface area contributed by atoms with E-state index in [1.165, 1.54) is 0 Å². The van der Waals surface area contributed by atoms with E-state index in [1.54, 1.807) is 0 Å². The summed E-state index contributed by atoms with van der Waals surface area (Å²) in [4.78, 5) is 0. The molecule has 0 N–H and O–H groups in total. The molecular weight excluding hydrogens is 514 g/mol. The minimum Gasteiger partial charge on any atom is -1.00 e. The van der Waals surface area contributed by atoms with Crippen LogP contribution >= 0.6 is 0 Å². The van der Waals surface area contributed by atoms with Gasteiger partial charge in [-0.3, -0.25) is 0 Å². The summed E-state index contributed by atoms with van der Waals surface area (Å²) in [7, 11) is 0. The first kappa shape index (κ1) is 24.0. The largest absolute Gasteiger partial charge is 1.00 e. The Hall–Kier alpha value is 4.24. The Morgan fingerprint density at radius 1 is 0.750 bits per heavy atom. The number of rotatable bonds is 0. The summed E-state index contributed by atoms with van der Waals surface area (Å²) >= 11 is 0. The summed E-state index contributed by atoms with van der Waals surface area (Å²) in [6, 6.07) is 0. The first-order valence-corrected chi connectivity index (χ1v) is 0. The zero-order valence-corrected chi connectivity index (χ0v) is 15.4. The molecule has 0 fully saturated rings. The van der Waals surface area contributed by atoms with Gasteiger partial charge in [0.05, 0.1) is 0 Å². The van der Waals surface area contributed by atoms with Gasteiger partial charge in [-0.2, -0.15) is 0 Å². The summed E-state index contributed by atoms with van der Waals surface area (Å²) in [6.45, 7) is 0. The maximum atomic E-state index is 0. The van der Waals surface area contributed by atoms with Crippen LogP contribution in [-0.4, -0.2) is 0 Å². The van der Waals surface area contributed by atoms with Crippen LogP contribution in [0.5, 0.6) is 0 Å². The monoisotopic (exact) mass is 516 g/mol. The average Bonchev–Trinajstić information content (AvgIpc) is 0. The molecule has 4 heteroatoms. The van der Waals surface area contributed by atoms with Crippen LogP contribution in [0.2, 0.25) is 0 Å². The summed E-state index contributed by atoms with van der Waals surface area (Å²) in [5.74, 6) is 0. The van der Waals surface area contributed by atoms with Crippen LogP contribution in [0.4, 0.5) is 0 Å². The van der Waals surface area contributed by atoms with Crippen molar-refractivity contribution in [3.05, 3.63) is 0 Å². The first-order chi connectivity index (χ1) is 0. The van der Waals surface area contributed by atoms with Crippen LogP contribution in [-0.2, 0) is 0 Å². The zero-order chi connectivity index (χ0) is 0. The van der Waals surface area contributed by atoms with Crippen LogP contribution in [0.1, 0.15) is 0 Å². The molecule has 0 atom stereocenters. The van der Waals surface area contributed by atoms with Gasteiger partial charge in [-0.1, -0.05) is 0 Å². The Kier molecular flexibility index (Phi) is 94.2. The van der Waals surface area contributed by atoms with Crippen molar-refractivity contribution in [2.24, 2.45) is 0 Å². The van der Waals surface area contributed by atoms with Crippen molar-refractivity contribution >= 4 is 0 Å². The van der Waals surface area contributed by atoms with Crippen LogP contribution in [0, 0.1) is 0 Å². The molecule has 0 saturated carbocycles. The smallest absolute Gasteiger partial charge is 1.00 e. The molecule has 0 spiro atoms. The summed E-state index contributed by atoms with van der Waals surface area (Å²) in [6.07, 6.45) is 0. The van der Waals surface area contributed by atoms with E-state index in [2.05, 4.69) is 0 Å². The number of halogens is 3. The van der Waals surface area contributed by atoms with Crippen molar-refractivity contribution in [3.8, 4) is 0 Å². The third-order valence-corrected chi connectivity index (χ3v) is 0. The average molecular weight is 516 g/mol. The van der Waals surface area contributed by atoms with Gasteiger partial charge in [0.2, 0.25) is 24.0 Å². The maximum Gasteiger partial charge on any atom is 1.00 e. The summed E-state index contributed by atoms with van der Waals surface area (Å²) in [5, 5.41) is 0. The second-order valence-corrected chi connectivity index (χ2v) is 0. The molecule has 0 aromatic carbocycles. The third-order valence-electron chi connectivity index (χ3n) is 0. The second-order valence-electron chi connectivity index (χ2n) is 0. The summed E-state index contributed by atoms with van der Waals surface area (Å²) in [5.41, 5.74) is 0. The van der Waals surface area contributed by atoms with Crippen LogP contribution in [0.3, 0.4) is 0 Å². The van der Waals surface area contributed by atoms with Crippen molar-refractivity contribution in [2.75, 3.05) is 0 Å². The fourth-order valence-electron chi connectivity index (χ4n) is 0. The molecule has 0 radical (unpaired) electrons. The van der Waals surface area contributed by atoms with Crippen molar-refractivity contribution in [3.63, 3.8) is 0 Å². The summed E-state index contributed by atoms with van der Waals surface area (Å²) < 4.78 is 0. The molecule has 0 unspecified atom stereocenters. The van der Waals surface area contributed by atoms with E-state index in [9.17, 15) is 0 Å². The molecule has 0 bridgehead atoms. The minimum atomic E-state index is 0. The fourth-order valence-corrected chi connectivity index (χ4v) is 0. The van der Waals surface area contributed by atoms with Gasteiger partial charge in [0, 0.05) is 0 Å². The van der Waals surface area contributed by atoms with E-state index in [-0.39, 0.29) is 141 Å². The van der Waals surface area contributed by atoms with E-state index in [1.807, 2.05) is 0 Å². The quantitative estimate of drug-likeness (QED) is 0.281. The van der Waals surface area contributed by atoms with E-state index in [0.29, 0.717) is 0 Å². The number of hydrogen-bond acceptors (Lipinski definition) is 0. The predicted octanol–water partition coefficient (Wildman–Crippen LogP) is -12.5. The normalized spacial score (nSPS) is 0. The van der Waals surface area contributed by atoms with Crippen molar-refractivity contribution < 1.29 is 141 Å². The third kappa shape index (κ3) is 9.53. The molecule has 0 saturated heterocycles. The van der Waals surface area contributed by atoms with Gasteiger partial charge in [-0.05, 0) is 0 Å². The van der Waals surface area contributed by atoms with E-state index < -0.39 is 0 Å². The topological polar surface area (TPSA) is 0 Å². The molecule has 0 rings (SSSR count). The first-order valence-electron chi connectivity index (χ1n) is 0. The second kappa shape index (κ2) is 15.7. The molecule has 0 aliphatic heterocycles. The molecule has 4 heavy (non-hydrogen) atoms. The van der Waals surface area contributed by atoms with Gasteiger partial charge in [0.1, 0.15) is 0 Å². The molecular formula is H2CsI3. The van der Waals surface area contributed by atoms with Gasteiger partial charge in [-0.25, -0.2) is 0 Å². The SMILES string of the molecule is [Cs+].[I-].[I-].[IH2+]. The van der Waals surface area contributed by atoms with Crippen molar-refractivity contribution in [2.45, 2.75) is 0 Å². The predicted molar refractivity (Wildman–Crippen MR) is 2.79 cm³/mol. The van der Waals surface area contributed by atoms with E-state index in [4.69, 9.17) is 0 Å². The standard InChI is InChI=1S/Cs.H2I.2HI/h;1H2;2*1H/q2*+1;;/p-2. The molecule has 24 valence electrons. The molecule has 0 aliphatic carbocycles. The minimum absolute atomic E-state index is 0. The Balaban J connectivity index is 0. The van der Waals surface area contributed by atoms with Crippen LogP contribution < -0.4 is 141 Å². The molecule has 0 aromatic heterocycles. The Morgan fingerprint density at radius 2 is 0.750 bits per heavy atom. The molecule has 0 aromatic rings. The van der Waals surface area contributed by atoms with E-state index >= 15 is 0 Å². The molecule has 0 heterocycles. The van der Waals surface area contributed by atoms with Crippen LogP contribution in [0.25, 0.3) is 0 Å². The van der Waals surface area contributed by atoms with Gasteiger partial charge in [-0.15, -0.1) is 0 Å². The van der Waals surface area contributed by atoms with Gasteiger partial charge >= 0.3 is 68.9 Å². The van der Waals surface area contributed by atoms with E-state index in [0.717, 1.165) is 0 Å². The fraction of sp³-hybridized carbons (Fsp3) is 0. The van der Waals surface area contributed by atoms with Crippen molar-refractivity contribution in [1.82, 2.24) is 0 Å². The Bertz CT molecular complexity index is 3.25. The Labute approximate surface area is 136 Å². The van der Waals surface area contributed by atoms with Gasteiger partial charge in [0.25, 0.3) is 0 Å². The number of hydrogen-bond donors (Lipinski definition) is 0. The van der Waals surface area contributed by atoms with Crippen molar-refractivity contribution in [1.29, 1.82) is 0 Å². The molecule has 0 aliphatic rings. The maximum absolute atomic E-state index is 0. The van der Waals surface area contributed by atoms with Crippen LogP contribution in [0.15, 0.2) is 0 Å². The van der Waals surface area contributed by atoms with Gasteiger partial charge in [0.15, 0.2) is 0 Å².